The minimum absolute atomic E-state index is 0.167. The third-order valence-corrected chi connectivity index (χ3v) is 3.19. The summed E-state index contributed by atoms with van der Waals surface area (Å²) < 4.78 is 21.3. The van der Waals surface area contributed by atoms with E-state index in [1.165, 1.54) is 0 Å². The van der Waals surface area contributed by atoms with Gasteiger partial charge >= 0.3 is 0 Å². The summed E-state index contributed by atoms with van der Waals surface area (Å²) in [5, 5.41) is 3.97. The topological polar surface area (TPSA) is 73.8 Å². The monoisotopic (exact) mass is 309 g/mol. The molecule has 0 aliphatic heterocycles. The molecule has 22 heavy (non-hydrogen) atoms. The first-order valence-electron chi connectivity index (χ1n) is 7.40. The lowest BCUT2D eigenvalue weighted by Crippen LogP contribution is -2.26. The van der Waals surface area contributed by atoms with Gasteiger partial charge in [-0.1, -0.05) is 5.16 Å². The lowest BCUT2D eigenvalue weighted by Gasteiger charge is -2.18. The highest BCUT2D eigenvalue weighted by molar-refractivity contribution is 4.98. The van der Waals surface area contributed by atoms with Crippen molar-refractivity contribution in [3.63, 3.8) is 0 Å². The first kappa shape index (κ1) is 16.7. The highest BCUT2D eigenvalue weighted by Crippen LogP contribution is 2.14. The Morgan fingerprint density at radius 2 is 2.23 bits per heavy atom. The van der Waals surface area contributed by atoms with Crippen LogP contribution < -0.4 is 0 Å². The molecule has 0 aromatic carbocycles. The van der Waals surface area contributed by atoms with Crippen molar-refractivity contribution in [1.29, 1.82) is 0 Å². The molecular formula is C15H23N3O4. The molecular weight excluding hydrogens is 286 g/mol. The summed E-state index contributed by atoms with van der Waals surface area (Å²) >= 11 is 0. The molecule has 2 heterocycles. The Balaban J connectivity index is 1.96. The molecule has 0 fully saturated rings. The van der Waals surface area contributed by atoms with Gasteiger partial charge in [-0.3, -0.25) is 4.90 Å². The van der Waals surface area contributed by atoms with E-state index in [1.54, 1.807) is 13.4 Å². The Bertz CT molecular complexity index is 527. The predicted molar refractivity (Wildman–Crippen MR) is 79.0 cm³/mol. The van der Waals surface area contributed by atoms with Crippen LogP contribution in [0.5, 0.6) is 0 Å². The van der Waals surface area contributed by atoms with E-state index < -0.39 is 0 Å². The number of aromatic nitrogens is 2. The van der Waals surface area contributed by atoms with Crippen molar-refractivity contribution in [3.8, 4) is 0 Å². The van der Waals surface area contributed by atoms with Crippen LogP contribution in [0.2, 0.25) is 0 Å². The first-order chi connectivity index (χ1) is 10.7. The average Bonchev–Trinajstić information content (AvgIpc) is 3.16. The smallest absolute Gasteiger partial charge is 0.240 e. The Hall–Kier alpha value is -1.70. The van der Waals surface area contributed by atoms with Crippen LogP contribution in [0.1, 0.15) is 37.4 Å². The van der Waals surface area contributed by atoms with Crippen LogP contribution in [0.15, 0.2) is 27.3 Å². The van der Waals surface area contributed by atoms with Crippen LogP contribution in [0.3, 0.4) is 0 Å². The molecule has 2 aromatic heterocycles. The highest BCUT2D eigenvalue weighted by atomic mass is 16.5. The molecule has 122 valence electrons. The van der Waals surface area contributed by atoms with Crippen molar-refractivity contribution in [1.82, 2.24) is 15.0 Å². The maximum Gasteiger partial charge on any atom is 0.240 e. The quantitative estimate of drug-likeness (QED) is 0.667. The zero-order valence-electron chi connectivity index (χ0n) is 13.3. The summed E-state index contributed by atoms with van der Waals surface area (Å²) in [5.41, 5.74) is 0. The molecule has 0 spiro atoms. The van der Waals surface area contributed by atoms with Gasteiger partial charge in [0.25, 0.3) is 0 Å². The number of methoxy groups -OCH3 is 1. The van der Waals surface area contributed by atoms with Crippen LogP contribution >= 0.6 is 0 Å². The van der Waals surface area contributed by atoms with E-state index >= 15 is 0 Å². The SMILES string of the molecule is CCO[C@@H](C)c1noc(CN(CCOC)Cc2ccco2)n1. The van der Waals surface area contributed by atoms with E-state index in [-0.39, 0.29) is 6.10 Å². The summed E-state index contributed by atoms with van der Waals surface area (Å²) in [4.78, 5) is 6.52. The second-order valence-electron chi connectivity index (χ2n) is 4.93. The van der Waals surface area contributed by atoms with Gasteiger partial charge in [0.15, 0.2) is 5.82 Å². The van der Waals surface area contributed by atoms with E-state index in [0.29, 0.717) is 38.0 Å². The Kier molecular flexibility index (Phi) is 6.57. The van der Waals surface area contributed by atoms with Crippen LogP contribution in [0.25, 0.3) is 0 Å². The van der Waals surface area contributed by atoms with Crippen LogP contribution in [-0.2, 0) is 22.6 Å². The number of ether oxygens (including phenoxy) is 2. The number of hydrogen-bond donors (Lipinski definition) is 0. The van der Waals surface area contributed by atoms with Crippen molar-refractivity contribution in [2.45, 2.75) is 33.0 Å². The fraction of sp³-hybridized carbons (Fsp3) is 0.600. The maximum atomic E-state index is 5.46. The third-order valence-electron chi connectivity index (χ3n) is 3.19. The molecule has 7 nitrogen and oxygen atoms in total. The van der Waals surface area contributed by atoms with Gasteiger partial charge in [-0.2, -0.15) is 4.98 Å². The first-order valence-corrected chi connectivity index (χ1v) is 7.40. The Morgan fingerprint density at radius 1 is 1.36 bits per heavy atom. The number of nitrogens with zero attached hydrogens (tertiary/aromatic N) is 3. The van der Waals surface area contributed by atoms with Gasteiger partial charge in [-0.15, -0.1) is 0 Å². The van der Waals surface area contributed by atoms with Crippen molar-refractivity contribution in [2.75, 3.05) is 26.9 Å². The molecule has 1 atom stereocenters. The molecule has 2 aromatic rings. The minimum atomic E-state index is -0.167. The highest BCUT2D eigenvalue weighted by Gasteiger charge is 2.17. The average molecular weight is 309 g/mol. The second kappa shape index (κ2) is 8.67. The molecule has 0 unspecified atom stereocenters. The molecule has 0 saturated heterocycles. The maximum absolute atomic E-state index is 5.46. The minimum Gasteiger partial charge on any atom is -0.468 e. The normalized spacial score (nSPS) is 12.9. The fourth-order valence-electron chi connectivity index (χ4n) is 2.07. The summed E-state index contributed by atoms with van der Waals surface area (Å²) in [6.45, 7) is 7.03. The molecule has 7 heteroatoms. The number of rotatable bonds is 10. The van der Waals surface area contributed by atoms with Gasteiger partial charge in [0.05, 0.1) is 26.0 Å². The third kappa shape index (κ3) is 4.94. The lowest BCUT2D eigenvalue weighted by atomic mass is 10.3. The lowest BCUT2D eigenvalue weighted by molar-refractivity contribution is 0.0683. The summed E-state index contributed by atoms with van der Waals surface area (Å²) in [6, 6.07) is 3.81. The molecule has 0 N–H and O–H groups in total. The van der Waals surface area contributed by atoms with Gasteiger partial charge < -0.3 is 18.4 Å². The zero-order chi connectivity index (χ0) is 15.8. The summed E-state index contributed by atoms with van der Waals surface area (Å²) in [7, 11) is 1.68. The van der Waals surface area contributed by atoms with E-state index in [2.05, 4.69) is 15.0 Å². The second-order valence-corrected chi connectivity index (χ2v) is 4.93. The van der Waals surface area contributed by atoms with Crippen molar-refractivity contribution in [3.05, 3.63) is 35.9 Å². The molecule has 0 saturated carbocycles. The van der Waals surface area contributed by atoms with Gasteiger partial charge in [0.2, 0.25) is 5.89 Å². The van der Waals surface area contributed by atoms with Crippen molar-refractivity contribution < 1.29 is 18.4 Å². The zero-order valence-corrected chi connectivity index (χ0v) is 13.3. The summed E-state index contributed by atoms with van der Waals surface area (Å²) in [5.74, 6) is 2.02. The summed E-state index contributed by atoms with van der Waals surface area (Å²) in [6.07, 6.45) is 1.50. The Labute approximate surface area is 130 Å². The molecule has 2 rings (SSSR count). The van der Waals surface area contributed by atoms with E-state index in [4.69, 9.17) is 18.4 Å². The predicted octanol–water partition coefficient (Wildman–Crippen LogP) is 2.41. The molecule has 0 amide bonds. The number of furan rings is 1. The number of hydrogen-bond acceptors (Lipinski definition) is 7. The van der Waals surface area contributed by atoms with Gasteiger partial charge in [0, 0.05) is 20.3 Å². The Morgan fingerprint density at radius 3 is 2.91 bits per heavy atom. The molecule has 0 aliphatic rings. The largest absolute Gasteiger partial charge is 0.468 e. The van der Waals surface area contributed by atoms with Crippen LogP contribution in [0.4, 0.5) is 0 Å². The molecule has 0 bridgehead atoms. The van der Waals surface area contributed by atoms with Crippen LogP contribution in [-0.4, -0.2) is 41.9 Å². The van der Waals surface area contributed by atoms with E-state index in [1.807, 2.05) is 26.0 Å². The fourth-order valence-corrected chi connectivity index (χ4v) is 2.07. The molecule has 0 radical (unpaired) electrons. The van der Waals surface area contributed by atoms with Crippen molar-refractivity contribution >= 4 is 0 Å². The van der Waals surface area contributed by atoms with Crippen LogP contribution in [0, 0.1) is 0 Å². The van der Waals surface area contributed by atoms with Crippen molar-refractivity contribution in [2.24, 2.45) is 0 Å². The van der Waals surface area contributed by atoms with E-state index in [9.17, 15) is 0 Å². The van der Waals surface area contributed by atoms with Gasteiger partial charge in [-0.25, -0.2) is 0 Å². The van der Waals surface area contributed by atoms with E-state index in [0.717, 1.165) is 12.3 Å². The molecule has 0 aliphatic carbocycles. The van der Waals surface area contributed by atoms with Gasteiger partial charge in [0.1, 0.15) is 11.9 Å². The van der Waals surface area contributed by atoms with Gasteiger partial charge in [-0.05, 0) is 26.0 Å². The standard InChI is InChI=1S/C15H23N3O4/c1-4-20-12(2)15-16-14(22-17-15)11-18(7-9-19-3)10-13-6-5-8-21-13/h5-6,8,12H,4,7,9-11H2,1-3H3/t12-/m0/s1.